The van der Waals surface area contributed by atoms with Gasteiger partial charge < -0.3 is 8.83 Å². The SMILES string of the molecule is CN(Cc1nnc(-c2ccco2)o1)C(c1ccccc1)c1ccccn1. The van der Waals surface area contributed by atoms with E-state index in [-0.39, 0.29) is 6.04 Å². The van der Waals surface area contributed by atoms with Crippen molar-refractivity contribution in [2.45, 2.75) is 12.6 Å². The number of aromatic nitrogens is 3. The minimum Gasteiger partial charge on any atom is -0.459 e. The highest BCUT2D eigenvalue weighted by molar-refractivity contribution is 5.42. The smallest absolute Gasteiger partial charge is 0.283 e. The van der Waals surface area contributed by atoms with E-state index in [0.717, 1.165) is 11.3 Å². The molecule has 6 heteroatoms. The largest absolute Gasteiger partial charge is 0.459 e. The van der Waals surface area contributed by atoms with Crippen LogP contribution < -0.4 is 0 Å². The molecule has 0 aliphatic carbocycles. The van der Waals surface area contributed by atoms with Crippen LogP contribution in [0.25, 0.3) is 11.7 Å². The summed E-state index contributed by atoms with van der Waals surface area (Å²) in [7, 11) is 2.02. The van der Waals surface area contributed by atoms with E-state index >= 15 is 0 Å². The number of hydrogen-bond acceptors (Lipinski definition) is 6. The van der Waals surface area contributed by atoms with Crippen LogP contribution in [0.15, 0.2) is 82.0 Å². The molecule has 26 heavy (non-hydrogen) atoms. The van der Waals surface area contributed by atoms with Crippen molar-refractivity contribution in [1.82, 2.24) is 20.1 Å². The summed E-state index contributed by atoms with van der Waals surface area (Å²) >= 11 is 0. The number of furan rings is 1. The van der Waals surface area contributed by atoms with Gasteiger partial charge in [0.1, 0.15) is 0 Å². The first-order chi connectivity index (χ1) is 12.8. The molecule has 0 N–H and O–H groups in total. The van der Waals surface area contributed by atoms with Crippen LogP contribution in [-0.4, -0.2) is 27.1 Å². The molecule has 3 heterocycles. The number of hydrogen-bond donors (Lipinski definition) is 0. The van der Waals surface area contributed by atoms with E-state index in [0.29, 0.717) is 24.1 Å². The Balaban J connectivity index is 1.60. The molecule has 0 bridgehead atoms. The van der Waals surface area contributed by atoms with E-state index in [4.69, 9.17) is 8.83 Å². The normalized spacial score (nSPS) is 12.4. The Morgan fingerprint density at radius 2 is 1.81 bits per heavy atom. The van der Waals surface area contributed by atoms with Crippen LogP contribution in [0.2, 0.25) is 0 Å². The fraction of sp³-hybridized carbons (Fsp3) is 0.150. The fourth-order valence-electron chi connectivity index (χ4n) is 2.95. The van der Waals surface area contributed by atoms with Crippen LogP contribution in [0.4, 0.5) is 0 Å². The molecule has 0 aliphatic rings. The molecule has 0 saturated heterocycles. The standard InChI is InChI=1S/C20H18N4O2/c1-24(14-18-22-23-20(26-18)17-11-7-13-25-17)19(15-8-3-2-4-9-15)16-10-5-6-12-21-16/h2-13,19H,14H2,1H3. The molecule has 4 aromatic rings. The Morgan fingerprint density at radius 3 is 2.54 bits per heavy atom. The zero-order valence-corrected chi connectivity index (χ0v) is 14.3. The van der Waals surface area contributed by atoms with E-state index < -0.39 is 0 Å². The Morgan fingerprint density at radius 1 is 0.962 bits per heavy atom. The molecular weight excluding hydrogens is 328 g/mol. The number of rotatable bonds is 6. The van der Waals surface area contributed by atoms with Gasteiger partial charge in [-0.1, -0.05) is 36.4 Å². The minimum atomic E-state index is -0.0173. The second-order valence-corrected chi connectivity index (χ2v) is 5.96. The lowest BCUT2D eigenvalue weighted by molar-refractivity contribution is 0.239. The van der Waals surface area contributed by atoms with Gasteiger partial charge in [-0.2, -0.15) is 0 Å². The summed E-state index contributed by atoms with van der Waals surface area (Å²) in [5.41, 5.74) is 2.12. The third kappa shape index (κ3) is 3.41. The van der Waals surface area contributed by atoms with Gasteiger partial charge in [0.05, 0.1) is 24.5 Å². The zero-order chi connectivity index (χ0) is 17.8. The van der Waals surface area contributed by atoms with E-state index in [9.17, 15) is 0 Å². The highest BCUT2D eigenvalue weighted by atomic mass is 16.4. The molecule has 1 unspecified atom stereocenters. The fourth-order valence-corrected chi connectivity index (χ4v) is 2.95. The molecule has 0 amide bonds. The molecule has 3 aromatic heterocycles. The zero-order valence-electron chi connectivity index (χ0n) is 14.3. The van der Waals surface area contributed by atoms with Crippen LogP contribution in [0.1, 0.15) is 23.2 Å². The summed E-state index contributed by atoms with van der Waals surface area (Å²) in [6, 6.07) is 19.8. The summed E-state index contributed by atoms with van der Waals surface area (Å²) in [6.07, 6.45) is 3.39. The van der Waals surface area contributed by atoms with Crippen LogP contribution in [-0.2, 0) is 6.54 Å². The van der Waals surface area contributed by atoms with Crippen molar-refractivity contribution in [3.63, 3.8) is 0 Å². The molecule has 0 aliphatic heterocycles. The Bertz CT molecular complexity index is 897. The molecule has 0 radical (unpaired) electrons. The maximum absolute atomic E-state index is 5.74. The molecule has 0 saturated carbocycles. The third-order valence-electron chi connectivity index (χ3n) is 4.11. The third-order valence-corrected chi connectivity index (χ3v) is 4.11. The molecular formula is C20H18N4O2. The lowest BCUT2D eigenvalue weighted by atomic mass is 10.0. The van der Waals surface area contributed by atoms with E-state index in [1.165, 1.54) is 0 Å². The number of pyridine rings is 1. The Labute approximate surface area is 151 Å². The van der Waals surface area contributed by atoms with Crippen LogP contribution in [0.3, 0.4) is 0 Å². The van der Waals surface area contributed by atoms with E-state index in [1.54, 1.807) is 24.6 Å². The van der Waals surface area contributed by atoms with E-state index in [1.807, 2.05) is 43.4 Å². The van der Waals surface area contributed by atoms with Crippen LogP contribution in [0.5, 0.6) is 0 Å². The van der Waals surface area contributed by atoms with Crippen molar-refractivity contribution >= 4 is 0 Å². The summed E-state index contributed by atoms with van der Waals surface area (Å²) in [6.45, 7) is 0.490. The predicted molar refractivity (Wildman–Crippen MR) is 96.0 cm³/mol. The summed E-state index contributed by atoms with van der Waals surface area (Å²) in [5.74, 6) is 1.47. The quantitative estimate of drug-likeness (QED) is 0.527. The summed E-state index contributed by atoms with van der Waals surface area (Å²) in [4.78, 5) is 6.68. The van der Waals surface area contributed by atoms with Gasteiger partial charge >= 0.3 is 0 Å². The van der Waals surface area contributed by atoms with Gasteiger partial charge in [-0.3, -0.25) is 9.88 Å². The highest BCUT2D eigenvalue weighted by Gasteiger charge is 2.22. The first kappa shape index (κ1) is 16.2. The van der Waals surface area contributed by atoms with Crippen molar-refractivity contribution in [3.8, 4) is 11.7 Å². The van der Waals surface area contributed by atoms with Gasteiger partial charge in [-0.25, -0.2) is 0 Å². The second kappa shape index (κ2) is 7.33. The van der Waals surface area contributed by atoms with Crippen molar-refractivity contribution in [2.24, 2.45) is 0 Å². The van der Waals surface area contributed by atoms with Gasteiger partial charge in [-0.05, 0) is 36.9 Å². The Hall–Kier alpha value is -3.25. The lowest BCUT2D eigenvalue weighted by Crippen LogP contribution is -2.26. The minimum absolute atomic E-state index is 0.0173. The molecule has 130 valence electrons. The first-order valence-corrected chi connectivity index (χ1v) is 8.33. The molecule has 1 atom stereocenters. The Kier molecular flexibility index (Phi) is 4.57. The number of benzene rings is 1. The van der Waals surface area contributed by atoms with Crippen molar-refractivity contribution in [3.05, 3.63) is 90.3 Å². The topological polar surface area (TPSA) is 68.2 Å². The number of nitrogens with zero attached hydrogens (tertiary/aromatic N) is 4. The van der Waals surface area contributed by atoms with Crippen LogP contribution in [0, 0.1) is 0 Å². The van der Waals surface area contributed by atoms with Crippen molar-refractivity contribution < 1.29 is 8.83 Å². The second-order valence-electron chi connectivity index (χ2n) is 5.96. The van der Waals surface area contributed by atoms with Gasteiger partial charge in [-0.15, -0.1) is 10.2 Å². The van der Waals surface area contributed by atoms with Crippen molar-refractivity contribution in [2.75, 3.05) is 7.05 Å². The maximum Gasteiger partial charge on any atom is 0.283 e. The molecule has 0 spiro atoms. The first-order valence-electron chi connectivity index (χ1n) is 8.33. The average molecular weight is 346 g/mol. The summed E-state index contributed by atoms with van der Waals surface area (Å²) in [5, 5.41) is 8.21. The summed E-state index contributed by atoms with van der Waals surface area (Å²) < 4.78 is 11.0. The average Bonchev–Trinajstić information content (AvgIpc) is 3.35. The van der Waals surface area contributed by atoms with Gasteiger partial charge in [0.25, 0.3) is 5.89 Å². The van der Waals surface area contributed by atoms with Gasteiger partial charge in [0.15, 0.2) is 5.76 Å². The van der Waals surface area contributed by atoms with Crippen LogP contribution >= 0.6 is 0 Å². The molecule has 0 fully saturated rings. The highest BCUT2D eigenvalue weighted by Crippen LogP contribution is 2.27. The molecule has 1 aromatic carbocycles. The lowest BCUT2D eigenvalue weighted by Gasteiger charge is -2.26. The molecule has 4 rings (SSSR count). The maximum atomic E-state index is 5.74. The van der Waals surface area contributed by atoms with Gasteiger partial charge in [0.2, 0.25) is 5.89 Å². The monoisotopic (exact) mass is 346 g/mol. The molecule has 6 nitrogen and oxygen atoms in total. The van der Waals surface area contributed by atoms with Crippen molar-refractivity contribution in [1.29, 1.82) is 0 Å². The van der Waals surface area contributed by atoms with Gasteiger partial charge in [0, 0.05) is 6.20 Å². The van der Waals surface area contributed by atoms with E-state index in [2.05, 4.69) is 32.2 Å². The predicted octanol–water partition coefficient (Wildman–Crippen LogP) is 3.95.